The SMILES string of the molecule is Cc1cc(Nc2ccnc([S])n2)no1. The van der Waals surface area contributed by atoms with Crippen LogP contribution in [0.25, 0.3) is 0 Å². The summed E-state index contributed by atoms with van der Waals surface area (Å²) in [4.78, 5) is 7.80. The van der Waals surface area contributed by atoms with E-state index in [-0.39, 0.29) is 0 Å². The largest absolute Gasteiger partial charge is 0.360 e. The Morgan fingerprint density at radius 1 is 1.43 bits per heavy atom. The maximum Gasteiger partial charge on any atom is 0.221 e. The first kappa shape index (κ1) is 8.89. The van der Waals surface area contributed by atoms with E-state index in [4.69, 9.17) is 17.2 Å². The van der Waals surface area contributed by atoms with Gasteiger partial charge in [-0.3, -0.25) is 0 Å². The molecule has 2 aromatic rings. The van der Waals surface area contributed by atoms with Gasteiger partial charge < -0.3 is 9.84 Å². The lowest BCUT2D eigenvalue weighted by Crippen LogP contribution is -1.94. The zero-order chi connectivity index (χ0) is 9.97. The maximum atomic E-state index is 4.88. The second-order valence-corrected chi connectivity index (χ2v) is 3.04. The third-order valence-electron chi connectivity index (χ3n) is 1.52. The fourth-order valence-electron chi connectivity index (χ4n) is 0.967. The van der Waals surface area contributed by atoms with E-state index in [9.17, 15) is 0 Å². The first-order chi connectivity index (χ1) is 6.74. The Morgan fingerprint density at radius 3 is 2.93 bits per heavy atom. The summed E-state index contributed by atoms with van der Waals surface area (Å²) in [5.41, 5.74) is 0. The van der Waals surface area contributed by atoms with Gasteiger partial charge in [0, 0.05) is 12.3 Å². The van der Waals surface area contributed by atoms with Crippen molar-refractivity contribution < 1.29 is 4.52 Å². The number of anilines is 2. The second-order valence-electron chi connectivity index (χ2n) is 2.67. The molecular weight excluding hydrogens is 200 g/mol. The van der Waals surface area contributed by atoms with Gasteiger partial charge >= 0.3 is 0 Å². The molecule has 0 fully saturated rings. The molecule has 0 unspecified atom stereocenters. The summed E-state index contributed by atoms with van der Waals surface area (Å²) in [5, 5.41) is 7.00. The smallest absolute Gasteiger partial charge is 0.221 e. The van der Waals surface area contributed by atoms with Crippen LogP contribution in [-0.2, 0) is 0 Å². The van der Waals surface area contributed by atoms with Crippen molar-refractivity contribution >= 4 is 24.3 Å². The molecule has 2 heterocycles. The van der Waals surface area contributed by atoms with E-state index in [0.717, 1.165) is 5.76 Å². The number of aromatic nitrogens is 3. The molecular formula is C8H7N4OS. The van der Waals surface area contributed by atoms with E-state index in [0.29, 0.717) is 16.8 Å². The summed E-state index contributed by atoms with van der Waals surface area (Å²) in [6.45, 7) is 1.82. The van der Waals surface area contributed by atoms with Gasteiger partial charge in [0.05, 0.1) is 0 Å². The molecule has 0 bridgehead atoms. The van der Waals surface area contributed by atoms with E-state index in [1.807, 2.05) is 6.92 Å². The van der Waals surface area contributed by atoms with Crippen molar-refractivity contribution in [1.82, 2.24) is 15.1 Å². The summed E-state index contributed by atoms with van der Waals surface area (Å²) in [7, 11) is 0. The average molecular weight is 207 g/mol. The van der Waals surface area contributed by atoms with Crippen LogP contribution < -0.4 is 5.32 Å². The monoisotopic (exact) mass is 207 g/mol. The molecule has 71 valence electrons. The highest BCUT2D eigenvalue weighted by molar-refractivity contribution is 7.80. The van der Waals surface area contributed by atoms with E-state index in [1.165, 1.54) is 0 Å². The van der Waals surface area contributed by atoms with Gasteiger partial charge in [0.25, 0.3) is 0 Å². The van der Waals surface area contributed by atoms with Crippen LogP contribution >= 0.6 is 12.6 Å². The summed E-state index contributed by atoms with van der Waals surface area (Å²) in [6.07, 6.45) is 1.59. The molecule has 0 aromatic carbocycles. The summed E-state index contributed by atoms with van der Waals surface area (Å²) in [5.74, 6) is 1.95. The lowest BCUT2D eigenvalue weighted by Gasteiger charge is -1.99. The Kier molecular flexibility index (Phi) is 2.28. The maximum absolute atomic E-state index is 4.88. The van der Waals surface area contributed by atoms with Gasteiger partial charge in [0.2, 0.25) is 5.16 Å². The predicted octanol–water partition coefficient (Wildman–Crippen LogP) is 2.07. The van der Waals surface area contributed by atoms with E-state index in [1.54, 1.807) is 18.3 Å². The van der Waals surface area contributed by atoms with Crippen molar-refractivity contribution in [2.24, 2.45) is 0 Å². The van der Waals surface area contributed by atoms with Crippen LogP contribution in [0, 0.1) is 6.92 Å². The van der Waals surface area contributed by atoms with E-state index < -0.39 is 0 Å². The molecule has 0 saturated heterocycles. The molecule has 0 aliphatic carbocycles. The van der Waals surface area contributed by atoms with Gasteiger partial charge in [0.15, 0.2) is 5.82 Å². The van der Waals surface area contributed by atoms with Crippen molar-refractivity contribution in [3.05, 3.63) is 24.1 Å². The van der Waals surface area contributed by atoms with Crippen LogP contribution in [0.1, 0.15) is 5.76 Å². The average Bonchev–Trinajstić information content (AvgIpc) is 2.51. The standard InChI is InChI=1S/C8H7N4OS/c1-5-4-7(12-13-5)10-6-2-3-9-8(14)11-6/h2-4H,1H3,(H,9,10,11,12). The normalized spacial score (nSPS) is 10.1. The molecule has 14 heavy (non-hydrogen) atoms. The molecule has 0 saturated carbocycles. The molecule has 2 rings (SSSR count). The summed E-state index contributed by atoms with van der Waals surface area (Å²) >= 11 is 4.81. The molecule has 0 spiro atoms. The molecule has 6 heteroatoms. The molecule has 1 radical (unpaired) electrons. The molecule has 2 aromatic heterocycles. The summed E-state index contributed by atoms with van der Waals surface area (Å²) in [6, 6.07) is 3.48. The lowest BCUT2D eigenvalue weighted by molar-refractivity contribution is 0.400. The van der Waals surface area contributed by atoms with Crippen molar-refractivity contribution in [3.8, 4) is 0 Å². The number of aryl methyl sites for hydroxylation is 1. The zero-order valence-corrected chi connectivity index (χ0v) is 8.21. The number of rotatable bonds is 2. The summed E-state index contributed by atoms with van der Waals surface area (Å²) < 4.78 is 4.88. The van der Waals surface area contributed by atoms with Crippen LogP contribution in [0.3, 0.4) is 0 Å². The number of hydrogen-bond acceptors (Lipinski definition) is 5. The second kappa shape index (κ2) is 3.59. The highest BCUT2D eigenvalue weighted by atomic mass is 32.1. The third-order valence-corrected chi connectivity index (χ3v) is 1.71. The highest BCUT2D eigenvalue weighted by Crippen LogP contribution is 2.13. The number of hydrogen-bond donors (Lipinski definition) is 1. The minimum absolute atomic E-state index is 0.301. The molecule has 0 amide bonds. The Balaban J connectivity index is 2.18. The van der Waals surface area contributed by atoms with Gasteiger partial charge in [0.1, 0.15) is 11.6 Å². The fraction of sp³-hybridized carbons (Fsp3) is 0.125. The third kappa shape index (κ3) is 1.97. The van der Waals surface area contributed by atoms with E-state index >= 15 is 0 Å². The minimum atomic E-state index is 0.301. The predicted molar refractivity (Wildman–Crippen MR) is 52.4 cm³/mol. The van der Waals surface area contributed by atoms with Gasteiger partial charge in [-0.15, -0.1) is 0 Å². The zero-order valence-electron chi connectivity index (χ0n) is 7.39. The van der Waals surface area contributed by atoms with Crippen LogP contribution in [0.15, 0.2) is 28.0 Å². The van der Waals surface area contributed by atoms with Crippen molar-refractivity contribution in [2.45, 2.75) is 12.1 Å². The van der Waals surface area contributed by atoms with Gasteiger partial charge in [-0.2, -0.15) is 0 Å². The Bertz CT molecular complexity index is 442. The molecule has 0 aliphatic rings. The number of nitrogens with one attached hydrogen (secondary N) is 1. The fourth-order valence-corrected chi connectivity index (χ4v) is 1.13. The van der Waals surface area contributed by atoms with Crippen LogP contribution in [-0.4, -0.2) is 15.1 Å². The van der Waals surface area contributed by atoms with Crippen LogP contribution in [0.2, 0.25) is 0 Å². The number of nitrogens with zero attached hydrogens (tertiary/aromatic N) is 3. The molecule has 5 nitrogen and oxygen atoms in total. The quantitative estimate of drug-likeness (QED) is 0.764. The minimum Gasteiger partial charge on any atom is -0.360 e. The Hall–Kier alpha value is -1.69. The first-order valence-electron chi connectivity index (χ1n) is 3.94. The topological polar surface area (TPSA) is 63.8 Å². The van der Waals surface area contributed by atoms with Crippen LogP contribution in [0.4, 0.5) is 11.6 Å². The van der Waals surface area contributed by atoms with Crippen molar-refractivity contribution in [3.63, 3.8) is 0 Å². The van der Waals surface area contributed by atoms with Gasteiger partial charge in [-0.1, -0.05) is 5.16 Å². The van der Waals surface area contributed by atoms with Gasteiger partial charge in [-0.05, 0) is 25.6 Å². The first-order valence-corrected chi connectivity index (χ1v) is 4.35. The molecule has 1 N–H and O–H groups in total. The Morgan fingerprint density at radius 2 is 2.29 bits per heavy atom. The van der Waals surface area contributed by atoms with Crippen molar-refractivity contribution in [1.29, 1.82) is 0 Å². The lowest BCUT2D eigenvalue weighted by atomic mass is 10.5. The molecule has 0 aliphatic heterocycles. The van der Waals surface area contributed by atoms with Crippen molar-refractivity contribution in [2.75, 3.05) is 5.32 Å². The van der Waals surface area contributed by atoms with Crippen LogP contribution in [0.5, 0.6) is 0 Å². The molecule has 0 atom stereocenters. The Labute approximate surface area is 86.0 Å². The van der Waals surface area contributed by atoms with E-state index in [2.05, 4.69) is 20.4 Å². The van der Waals surface area contributed by atoms with Gasteiger partial charge in [-0.25, -0.2) is 9.97 Å². The highest BCUT2D eigenvalue weighted by Gasteiger charge is 2.01.